The number of aryl methyl sites for hydroxylation is 1. The number of pyridine rings is 1. The third kappa shape index (κ3) is 2.50. The molecule has 0 aliphatic carbocycles. The quantitative estimate of drug-likeness (QED) is 0.776. The zero-order chi connectivity index (χ0) is 11.4. The summed E-state index contributed by atoms with van der Waals surface area (Å²) in [7, 11) is 0. The van der Waals surface area contributed by atoms with Crippen LogP contribution in [0.1, 0.15) is 24.1 Å². The monoisotopic (exact) mass is 218 g/mol. The second-order valence-corrected chi connectivity index (χ2v) is 3.86. The van der Waals surface area contributed by atoms with Crippen molar-refractivity contribution in [3.63, 3.8) is 0 Å². The lowest BCUT2D eigenvalue weighted by molar-refractivity contribution is 0.0662. The molecule has 1 aromatic rings. The molecule has 1 unspecified atom stereocenters. The highest BCUT2D eigenvalue weighted by molar-refractivity contribution is 5.38. The summed E-state index contributed by atoms with van der Waals surface area (Å²) in [5, 5.41) is 8.90. The van der Waals surface area contributed by atoms with Crippen LogP contribution in [0.15, 0.2) is 12.1 Å². The second-order valence-electron chi connectivity index (χ2n) is 3.86. The molecule has 1 aliphatic rings. The molecule has 0 N–H and O–H groups in total. The number of hydrogen-bond acceptors (Lipinski definition) is 4. The molecule has 2 rings (SSSR count). The van der Waals surface area contributed by atoms with Gasteiger partial charge in [0.05, 0.1) is 6.10 Å². The lowest BCUT2D eigenvalue weighted by Gasteiger charge is -2.11. The van der Waals surface area contributed by atoms with Crippen LogP contribution in [-0.4, -0.2) is 24.3 Å². The average molecular weight is 218 g/mol. The molecule has 1 fully saturated rings. The molecule has 0 spiro atoms. The van der Waals surface area contributed by atoms with Crippen molar-refractivity contribution in [2.75, 3.05) is 13.2 Å². The van der Waals surface area contributed by atoms with Crippen LogP contribution in [0.4, 0.5) is 0 Å². The van der Waals surface area contributed by atoms with Gasteiger partial charge >= 0.3 is 0 Å². The maximum atomic E-state index is 8.90. The van der Waals surface area contributed by atoms with E-state index in [1.54, 1.807) is 12.1 Å². The first-order valence-electron chi connectivity index (χ1n) is 5.42. The fourth-order valence-corrected chi connectivity index (χ4v) is 1.68. The van der Waals surface area contributed by atoms with Crippen LogP contribution in [0.3, 0.4) is 0 Å². The molecule has 16 heavy (non-hydrogen) atoms. The van der Waals surface area contributed by atoms with Gasteiger partial charge in [-0.3, -0.25) is 0 Å². The minimum atomic E-state index is 0.147. The molecule has 1 aliphatic heterocycles. The number of hydrogen-bond donors (Lipinski definition) is 0. The van der Waals surface area contributed by atoms with E-state index in [1.165, 1.54) is 0 Å². The van der Waals surface area contributed by atoms with Crippen molar-refractivity contribution in [2.45, 2.75) is 25.9 Å². The summed E-state index contributed by atoms with van der Waals surface area (Å²) in [6.45, 7) is 3.16. The molecular formula is C12H14N2O2. The van der Waals surface area contributed by atoms with Gasteiger partial charge in [0.1, 0.15) is 18.2 Å². The third-order valence-electron chi connectivity index (χ3n) is 2.55. The first-order valence-corrected chi connectivity index (χ1v) is 5.42. The van der Waals surface area contributed by atoms with Crippen LogP contribution in [0.2, 0.25) is 0 Å². The molecule has 1 atom stereocenters. The van der Waals surface area contributed by atoms with Crippen molar-refractivity contribution < 1.29 is 9.47 Å². The molecule has 0 bridgehead atoms. The van der Waals surface area contributed by atoms with E-state index in [0.29, 0.717) is 18.1 Å². The molecule has 0 radical (unpaired) electrons. The van der Waals surface area contributed by atoms with E-state index in [1.807, 2.05) is 6.92 Å². The largest absolute Gasteiger partial charge is 0.474 e. The Morgan fingerprint density at radius 3 is 3.19 bits per heavy atom. The molecule has 4 heteroatoms. The Morgan fingerprint density at radius 1 is 1.62 bits per heavy atom. The number of rotatable bonds is 3. The summed E-state index contributed by atoms with van der Waals surface area (Å²) in [5.74, 6) is 0.415. The lowest BCUT2D eigenvalue weighted by atomic mass is 10.2. The molecule has 0 aromatic carbocycles. The Kier molecular flexibility index (Phi) is 3.37. The first-order chi connectivity index (χ1) is 7.79. The van der Waals surface area contributed by atoms with Crippen LogP contribution in [0.5, 0.6) is 5.88 Å². The average Bonchev–Trinajstić information content (AvgIpc) is 2.79. The normalized spacial score (nSPS) is 19.4. The van der Waals surface area contributed by atoms with Gasteiger partial charge in [0, 0.05) is 12.3 Å². The SMILES string of the molecule is Cc1ccc(C#N)c(OCC2CCCO2)n1. The van der Waals surface area contributed by atoms with E-state index in [0.717, 1.165) is 25.1 Å². The van der Waals surface area contributed by atoms with Crippen molar-refractivity contribution in [3.05, 3.63) is 23.4 Å². The molecule has 4 nitrogen and oxygen atoms in total. The summed E-state index contributed by atoms with van der Waals surface area (Å²) >= 11 is 0. The zero-order valence-corrected chi connectivity index (χ0v) is 9.27. The van der Waals surface area contributed by atoms with Crippen LogP contribution in [0, 0.1) is 18.3 Å². The number of ether oxygens (including phenoxy) is 2. The van der Waals surface area contributed by atoms with E-state index in [2.05, 4.69) is 11.1 Å². The van der Waals surface area contributed by atoms with Crippen molar-refractivity contribution in [3.8, 4) is 11.9 Å². The maximum Gasteiger partial charge on any atom is 0.231 e. The van der Waals surface area contributed by atoms with E-state index >= 15 is 0 Å². The highest BCUT2D eigenvalue weighted by atomic mass is 16.5. The Morgan fingerprint density at radius 2 is 2.50 bits per heavy atom. The highest BCUT2D eigenvalue weighted by Gasteiger charge is 2.17. The maximum absolute atomic E-state index is 8.90. The molecule has 1 saturated heterocycles. The van der Waals surface area contributed by atoms with Crippen LogP contribution >= 0.6 is 0 Å². The predicted molar refractivity (Wildman–Crippen MR) is 58.2 cm³/mol. The van der Waals surface area contributed by atoms with Gasteiger partial charge in [0.2, 0.25) is 5.88 Å². The van der Waals surface area contributed by atoms with Crippen molar-refractivity contribution in [1.29, 1.82) is 5.26 Å². The Hall–Kier alpha value is -1.60. The summed E-state index contributed by atoms with van der Waals surface area (Å²) in [6, 6.07) is 5.60. The van der Waals surface area contributed by atoms with Crippen molar-refractivity contribution in [1.82, 2.24) is 4.98 Å². The molecular weight excluding hydrogens is 204 g/mol. The van der Waals surface area contributed by atoms with E-state index in [9.17, 15) is 0 Å². The summed E-state index contributed by atoms with van der Waals surface area (Å²) in [4.78, 5) is 4.20. The van der Waals surface area contributed by atoms with Crippen molar-refractivity contribution in [2.24, 2.45) is 0 Å². The third-order valence-corrected chi connectivity index (χ3v) is 2.55. The fraction of sp³-hybridized carbons (Fsp3) is 0.500. The van der Waals surface area contributed by atoms with Gasteiger partial charge in [-0.2, -0.15) is 5.26 Å². The Balaban J connectivity index is 2.02. The van der Waals surface area contributed by atoms with Gasteiger partial charge in [-0.25, -0.2) is 4.98 Å². The first kappa shape index (κ1) is 10.9. The van der Waals surface area contributed by atoms with Gasteiger partial charge in [-0.1, -0.05) is 0 Å². The van der Waals surface area contributed by atoms with E-state index in [4.69, 9.17) is 14.7 Å². The fourth-order valence-electron chi connectivity index (χ4n) is 1.68. The van der Waals surface area contributed by atoms with Crippen LogP contribution < -0.4 is 4.74 Å². The van der Waals surface area contributed by atoms with Crippen LogP contribution in [-0.2, 0) is 4.74 Å². The van der Waals surface area contributed by atoms with Gasteiger partial charge in [0.25, 0.3) is 0 Å². The van der Waals surface area contributed by atoms with Gasteiger partial charge in [0.15, 0.2) is 0 Å². The smallest absolute Gasteiger partial charge is 0.231 e. The number of aromatic nitrogens is 1. The molecule has 1 aromatic heterocycles. The predicted octanol–water partition coefficient (Wildman–Crippen LogP) is 1.82. The van der Waals surface area contributed by atoms with Gasteiger partial charge in [-0.05, 0) is 31.9 Å². The molecule has 84 valence electrons. The summed E-state index contributed by atoms with van der Waals surface area (Å²) in [6.07, 6.45) is 2.25. The van der Waals surface area contributed by atoms with E-state index in [-0.39, 0.29) is 6.10 Å². The molecule has 2 heterocycles. The zero-order valence-electron chi connectivity index (χ0n) is 9.27. The van der Waals surface area contributed by atoms with Crippen molar-refractivity contribution >= 4 is 0 Å². The lowest BCUT2D eigenvalue weighted by Crippen LogP contribution is -2.17. The minimum Gasteiger partial charge on any atom is -0.474 e. The Labute approximate surface area is 94.8 Å². The van der Waals surface area contributed by atoms with Gasteiger partial charge in [-0.15, -0.1) is 0 Å². The number of nitriles is 1. The minimum absolute atomic E-state index is 0.147. The summed E-state index contributed by atoms with van der Waals surface area (Å²) < 4.78 is 11.0. The standard InChI is InChI=1S/C12H14N2O2/c1-9-4-5-10(7-13)12(14-9)16-8-11-3-2-6-15-11/h4-5,11H,2-3,6,8H2,1H3. The topological polar surface area (TPSA) is 55.1 Å². The van der Waals surface area contributed by atoms with Gasteiger partial charge < -0.3 is 9.47 Å². The summed E-state index contributed by atoms with van der Waals surface area (Å²) in [5.41, 5.74) is 1.32. The highest BCUT2D eigenvalue weighted by Crippen LogP contribution is 2.18. The van der Waals surface area contributed by atoms with E-state index < -0.39 is 0 Å². The number of nitrogens with zero attached hydrogens (tertiary/aromatic N) is 2. The second kappa shape index (κ2) is 4.95. The van der Waals surface area contributed by atoms with Crippen LogP contribution in [0.25, 0.3) is 0 Å². The Bertz CT molecular complexity index is 406. The molecule has 0 amide bonds. The molecule has 0 saturated carbocycles.